The monoisotopic (exact) mass is 211 g/mol. The predicted octanol–water partition coefficient (Wildman–Crippen LogP) is 0.461. The molecule has 84 valence electrons. The van der Waals surface area contributed by atoms with Crippen LogP contribution < -0.4 is 5.32 Å². The number of rotatable bonds is 5. The number of hydrogen-bond acceptors (Lipinski definition) is 4. The summed E-state index contributed by atoms with van der Waals surface area (Å²) in [6.07, 6.45) is 3.61. The molecule has 0 fully saturated rings. The van der Waals surface area contributed by atoms with Crippen LogP contribution in [0.15, 0.2) is 12.4 Å². The highest BCUT2D eigenvalue weighted by Crippen LogP contribution is 1.95. The average Bonchev–Trinajstić information content (AvgIpc) is 2.50. The van der Waals surface area contributed by atoms with E-state index in [4.69, 9.17) is 4.74 Å². The number of carbonyl (C=O) groups excluding carboxylic acids is 1. The third-order valence-electron chi connectivity index (χ3n) is 1.72. The molecular formula is C10H17N3O2. The van der Waals surface area contributed by atoms with E-state index in [-0.39, 0.29) is 18.6 Å². The number of nitrogens with one attached hydrogen (secondary N) is 1. The topological polar surface area (TPSA) is 56.1 Å². The van der Waals surface area contributed by atoms with Gasteiger partial charge in [-0.25, -0.2) is 0 Å². The molecule has 0 aliphatic heterocycles. The maximum Gasteiger partial charge on any atom is 0.320 e. The summed E-state index contributed by atoms with van der Waals surface area (Å²) >= 11 is 0. The third-order valence-corrected chi connectivity index (χ3v) is 1.72. The Morgan fingerprint density at radius 2 is 2.40 bits per heavy atom. The molecule has 1 rings (SSSR count). The predicted molar refractivity (Wildman–Crippen MR) is 56.1 cm³/mol. The molecule has 0 unspecified atom stereocenters. The van der Waals surface area contributed by atoms with E-state index in [1.165, 1.54) is 0 Å². The molecule has 0 amide bonds. The number of carbonyl (C=O) groups is 1. The Hall–Kier alpha value is -1.36. The lowest BCUT2D eigenvalue weighted by Crippen LogP contribution is -2.26. The lowest BCUT2D eigenvalue weighted by molar-refractivity contribution is -0.146. The van der Waals surface area contributed by atoms with Crippen LogP contribution in [0.4, 0.5) is 0 Å². The Balaban J connectivity index is 2.19. The third kappa shape index (κ3) is 4.60. The first-order valence-electron chi connectivity index (χ1n) is 4.95. The number of nitrogens with zero attached hydrogens (tertiary/aromatic N) is 2. The van der Waals surface area contributed by atoms with Crippen LogP contribution in [0.1, 0.15) is 19.4 Å². The Labute approximate surface area is 89.4 Å². The van der Waals surface area contributed by atoms with Crippen molar-refractivity contribution >= 4 is 5.97 Å². The van der Waals surface area contributed by atoms with Crippen molar-refractivity contribution in [2.45, 2.75) is 26.5 Å². The zero-order valence-corrected chi connectivity index (χ0v) is 9.36. The van der Waals surface area contributed by atoms with Crippen LogP contribution in [0, 0.1) is 0 Å². The van der Waals surface area contributed by atoms with Gasteiger partial charge >= 0.3 is 5.97 Å². The molecule has 1 aromatic rings. The van der Waals surface area contributed by atoms with E-state index in [0.29, 0.717) is 6.54 Å². The molecule has 5 heteroatoms. The summed E-state index contributed by atoms with van der Waals surface area (Å²) in [5, 5.41) is 7.02. The molecule has 1 N–H and O–H groups in total. The Kier molecular flexibility index (Phi) is 4.30. The van der Waals surface area contributed by atoms with Gasteiger partial charge in [-0.15, -0.1) is 0 Å². The second kappa shape index (κ2) is 5.50. The molecule has 0 atom stereocenters. The van der Waals surface area contributed by atoms with Crippen LogP contribution in [-0.2, 0) is 23.1 Å². The van der Waals surface area contributed by atoms with Crippen LogP contribution in [0.25, 0.3) is 0 Å². The van der Waals surface area contributed by atoms with Crippen molar-refractivity contribution in [2.24, 2.45) is 7.05 Å². The van der Waals surface area contributed by atoms with Crippen LogP contribution >= 0.6 is 0 Å². The lowest BCUT2D eigenvalue weighted by Gasteiger charge is -2.07. The van der Waals surface area contributed by atoms with E-state index in [1.54, 1.807) is 10.9 Å². The fourth-order valence-electron chi connectivity index (χ4n) is 1.18. The van der Waals surface area contributed by atoms with E-state index in [0.717, 1.165) is 5.56 Å². The van der Waals surface area contributed by atoms with Gasteiger partial charge in [0.2, 0.25) is 0 Å². The van der Waals surface area contributed by atoms with Gasteiger partial charge < -0.3 is 10.1 Å². The Bertz CT molecular complexity index is 320. The van der Waals surface area contributed by atoms with E-state index in [9.17, 15) is 4.79 Å². The number of esters is 1. The van der Waals surface area contributed by atoms with E-state index >= 15 is 0 Å². The average molecular weight is 211 g/mol. The largest absolute Gasteiger partial charge is 0.462 e. The van der Waals surface area contributed by atoms with Gasteiger partial charge in [-0.3, -0.25) is 9.48 Å². The van der Waals surface area contributed by atoms with Crippen LogP contribution in [0.5, 0.6) is 0 Å². The van der Waals surface area contributed by atoms with Crippen molar-refractivity contribution in [3.63, 3.8) is 0 Å². The highest BCUT2D eigenvalue weighted by Gasteiger charge is 2.04. The minimum Gasteiger partial charge on any atom is -0.462 e. The Morgan fingerprint density at radius 1 is 1.67 bits per heavy atom. The number of ether oxygens (including phenoxy) is 1. The second-order valence-electron chi connectivity index (χ2n) is 3.66. The van der Waals surface area contributed by atoms with Gasteiger partial charge in [0.15, 0.2) is 0 Å². The fourth-order valence-corrected chi connectivity index (χ4v) is 1.18. The molecule has 0 spiro atoms. The standard InChI is InChI=1S/C10H17N3O2/c1-8(2)15-10(14)6-11-4-9-5-12-13(3)7-9/h5,7-8,11H,4,6H2,1-3H3. The quantitative estimate of drug-likeness (QED) is 0.719. The molecule has 0 aliphatic rings. The maximum atomic E-state index is 11.1. The highest BCUT2D eigenvalue weighted by molar-refractivity contribution is 5.71. The Morgan fingerprint density at radius 3 is 2.93 bits per heavy atom. The van der Waals surface area contributed by atoms with E-state index < -0.39 is 0 Å². The molecule has 0 saturated heterocycles. The number of hydrogen-bond donors (Lipinski definition) is 1. The van der Waals surface area contributed by atoms with Crippen molar-refractivity contribution < 1.29 is 9.53 Å². The first-order valence-corrected chi connectivity index (χ1v) is 4.95. The summed E-state index contributed by atoms with van der Waals surface area (Å²) in [4.78, 5) is 11.1. The summed E-state index contributed by atoms with van der Waals surface area (Å²) in [6.45, 7) is 4.52. The van der Waals surface area contributed by atoms with Crippen LogP contribution in [0.3, 0.4) is 0 Å². The number of aryl methyl sites for hydroxylation is 1. The van der Waals surface area contributed by atoms with Crippen LogP contribution in [0.2, 0.25) is 0 Å². The van der Waals surface area contributed by atoms with Gasteiger partial charge in [0, 0.05) is 25.4 Å². The van der Waals surface area contributed by atoms with E-state index in [1.807, 2.05) is 27.1 Å². The first kappa shape index (κ1) is 11.7. The van der Waals surface area contributed by atoms with Crippen molar-refractivity contribution in [1.29, 1.82) is 0 Å². The lowest BCUT2D eigenvalue weighted by atomic mass is 10.3. The van der Waals surface area contributed by atoms with Gasteiger partial charge in [-0.05, 0) is 13.8 Å². The summed E-state index contributed by atoms with van der Waals surface area (Å²) in [7, 11) is 1.86. The van der Waals surface area contributed by atoms with Crippen LogP contribution in [-0.4, -0.2) is 28.4 Å². The van der Waals surface area contributed by atoms with Crippen molar-refractivity contribution in [2.75, 3.05) is 6.54 Å². The highest BCUT2D eigenvalue weighted by atomic mass is 16.5. The van der Waals surface area contributed by atoms with Crippen molar-refractivity contribution in [3.8, 4) is 0 Å². The molecule has 0 radical (unpaired) electrons. The minimum atomic E-state index is -0.228. The molecule has 0 bridgehead atoms. The second-order valence-corrected chi connectivity index (χ2v) is 3.66. The molecule has 0 saturated carbocycles. The van der Waals surface area contributed by atoms with Gasteiger partial charge in [-0.1, -0.05) is 0 Å². The molecule has 0 aromatic carbocycles. The van der Waals surface area contributed by atoms with Crippen molar-refractivity contribution in [3.05, 3.63) is 18.0 Å². The minimum absolute atomic E-state index is 0.0577. The molecule has 5 nitrogen and oxygen atoms in total. The van der Waals surface area contributed by atoms with Gasteiger partial charge in [0.1, 0.15) is 0 Å². The molecule has 15 heavy (non-hydrogen) atoms. The molecule has 0 aliphatic carbocycles. The smallest absolute Gasteiger partial charge is 0.320 e. The summed E-state index contributed by atoms with van der Waals surface area (Å²) in [6, 6.07) is 0. The van der Waals surface area contributed by atoms with Crippen molar-refractivity contribution in [1.82, 2.24) is 15.1 Å². The van der Waals surface area contributed by atoms with Gasteiger partial charge in [0.25, 0.3) is 0 Å². The molecular weight excluding hydrogens is 194 g/mol. The van der Waals surface area contributed by atoms with Gasteiger partial charge in [-0.2, -0.15) is 5.10 Å². The number of aromatic nitrogens is 2. The summed E-state index contributed by atoms with van der Waals surface area (Å²) in [5.74, 6) is -0.228. The molecule has 1 heterocycles. The zero-order valence-electron chi connectivity index (χ0n) is 9.36. The van der Waals surface area contributed by atoms with Gasteiger partial charge in [0.05, 0.1) is 18.8 Å². The summed E-state index contributed by atoms with van der Waals surface area (Å²) < 4.78 is 6.70. The SMILES string of the molecule is CC(C)OC(=O)CNCc1cnn(C)c1. The normalized spacial score (nSPS) is 10.7. The fraction of sp³-hybridized carbons (Fsp3) is 0.600. The van der Waals surface area contributed by atoms with E-state index in [2.05, 4.69) is 10.4 Å². The first-order chi connectivity index (χ1) is 7.08. The zero-order chi connectivity index (χ0) is 11.3. The summed E-state index contributed by atoms with van der Waals surface area (Å²) in [5.41, 5.74) is 1.05. The maximum absolute atomic E-state index is 11.1. The molecule has 1 aromatic heterocycles.